The highest BCUT2D eigenvalue weighted by Gasteiger charge is 2.11. The summed E-state index contributed by atoms with van der Waals surface area (Å²) in [5.41, 5.74) is 1.69. The van der Waals surface area contributed by atoms with Crippen LogP contribution in [0.3, 0.4) is 0 Å². The van der Waals surface area contributed by atoms with Crippen LogP contribution in [0, 0.1) is 0 Å². The fraction of sp³-hybridized carbons (Fsp3) is 0.273. The highest BCUT2D eigenvalue weighted by molar-refractivity contribution is 9.10. The van der Waals surface area contributed by atoms with Gasteiger partial charge in [0.25, 0.3) is 0 Å². The minimum Gasteiger partial charge on any atom is -0.388 e. The van der Waals surface area contributed by atoms with Crippen LogP contribution in [0.2, 0.25) is 5.02 Å². The van der Waals surface area contributed by atoms with E-state index >= 15 is 0 Å². The average molecular weight is 276 g/mol. The van der Waals surface area contributed by atoms with Crippen LogP contribution in [0.4, 0.5) is 0 Å². The number of hydrogen-bond donors (Lipinski definition) is 1. The number of hydrogen-bond acceptors (Lipinski definition) is 1. The van der Waals surface area contributed by atoms with Crippen molar-refractivity contribution < 1.29 is 5.11 Å². The van der Waals surface area contributed by atoms with Crippen LogP contribution < -0.4 is 0 Å². The minimum atomic E-state index is -0.562. The monoisotopic (exact) mass is 274 g/mol. The topological polar surface area (TPSA) is 20.2 Å². The molecule has 0 aliphatic rings. The Balaban J connectivity index is 2.90. The van der Waals surface area contributed by atoms with Crippen LogP contribution in [0.25, 0.3) is 0 Å². The van der Waals surface area contributed by atoms with Crippen molar-refractivity contribution in [2.45, 2.75) is 19.4 Å². The van der Waals surface area contributed by atoms with E-state index in [2.05, 4.69) is 22.5 Å². The first-order chi connectivity index (χ1) is 6.50. The maximum atomic E-state index is 9.80. The Bertz CT molecular complexity index is 349. The van der Waals surface area contributed by atoms with Gasteiger partial charge in [-0.2, -0.15) is 0 Å². The second kappa shape index (κ2) is 4.96. The molecule has 1 N–H and O–H groups in total. The number of aliphatic hydroxyl groups is 1. The van der Waals surface area contributed by atoms with E-state index in [0.29, 0.717) is 11.4 Å². The Morgan fingerprint density at radius 3 is 2.79 bits per heavy atom. The van der Waals surface area contributed by atoms with Gasteiger partial charge >= 0.3 is 0 Å². The van der Waals surface area contributed by atoms with Crippen molar-refractivity contribution >= 4 is 27.5 Å². The van der Waals surface area contributed by atoms with E-state index in [1.54, 1.807) is 6.07 Å². The van der Waals surface area contributed by atoms with Gasteiger partial charge in [-0.1, -0.05) is 39.2 Å². The molecule has 0 aliphatic heterocycles. The second-order valence-electron chi connectivity index (χ2n) is 3.34. The quantitative estimate of drug-likeness (QED) is 0.823. The Labute approximate surface area is 97.5 Å². The fourth-order valence-corrected chi connectivity index (χ4v) is 2.01. The van der Waals surface area contributed by atoms with E-state index in [1.807, 2.05) is 19.1 Å². The highest BCUT2D eigenvalue weighted by atomic mass is 79.9. The molecule has 0 heterocycles. The van der Waals surface area contributed by atoms with Crippen molar-refractivity contribution in [3.63, 3.8) is 0 Å². The lowest BCUT2D eigenvalue weighted by atomic mass is 10.0. The predicted octanol–water partition coefficient (Wildman–Crippen LogP) is 4.10. The fourth-order valence-electron chi connectivity index (χ4n) is 1.21. The molecule has 1 rings (SSSR count). The van der Waals surface area contributed by atoms with Crippen LogP contribution in [-0.4, -0.2) is 5.11 Å². The molecular weight excluding hydrogens is 263 g/mol. The maximum Gasteiger partial charge on any atom is 0.0841 e. The standard InChI is InChI=1S/C11H12BrClO/c1-7(2)5-11(14)9-4-3-8(12)6-10(9)13/h3-4,6,11,14H,1,5H2,2H3. The molecule has 1 unspecified atom stereocenters. The van der Waals surface area contributed by atoms with Gasteiger partial charge in [0.2, 0.25) is 0 Å². The normalized spacial score (nSPS) is 12.6. The van der Waals surface area contributed by atoms with E-state index in [-0.39, 0.29) is 0 Å². The van der Waals surface area contributed by atoms with Crippen molar-refractivity contribution in [1.82, 2.24) is 0 Å². The van der Waals surface area contributed by atoms with E-state index in [1.165, 1.54) is 0 Å². The molecule has 1 aromatic carbocycles. The molecule has 1 atom stereocenters. The molecule has 0 spiro atoms. The smallest absolute Gasteiger partial charge is 0.0841 e. The van der Waals surface area contributed by atoms with Gasteiger partial charge in [-0.15, -0.1) is 6.58 Å². The summed E-state index contributed by atoms with van der Waals surface area (Å²) in [6, 6.07) is 5.46. The minimum absolute atomic E-state index is 0.543. The van der Waals surface area contributed by atoms with Gasteiger partial charge in [-0.25, -0.2) is 0 Å². The van der Waals surface area contributed by atoms with Crippen LogP contribution in [0.1, 0.15) is 25.0 Å². The molecule has 0 aliphatic carbocycles. The summed E-state index contributed by atoms with van der Waals surface area (Å²) in [7, 11) is 0. The molecule has 76 valence electrons. The Morgan fingerprint density at radius 1 is 1.64 bits per heavy atom. The zero-order chi connectivity index (χ0) is 10.7. The van der Waals surface area contributed by atoms with E-state index < -0.39 is 6.10 Å². The maximum absolute atomic E-state index is 9.80. The lowest BCUT2D eigenvalue weighted by Gasteiger charge is -2.12. The third-order valence-corrected chi connectivity index (χ3v) is 2.68. The third-order valence-electron chi connectivity index (χ3n) is 1.86. The van der Waals surface area contributed by atoms with Gasteiger partial charge in [-0.3, -0.25) is 0 Å². The Morgan fingerprint density at radius 2 is 2.29 bits per heavy atom. The van der Waals surface area contributed by atoms with Gasteiger partial charge in [0.1, 0.15) is 0 Å². The lowest BCUT2D eigenvalue weighted by Crippen LogP contribution is -1.98. The molecular formula is C11H12BrClO. The summed E-state index contributed by atoms with van der Waals surface area (Å²) in [5, 5.41) is 10.4. The number of rotatable bonds is 3. The van der Waals surface area contributed by atoms with Crippen molar-refractivity contribution in [2.75, 3.05) is 0 Å². The SMILES string of the molecule is C=C(C)CC(O)c1ccc(Br)cc1Cl. The predicted molar refractivity (Wildman–Crippen MR) is 63.5 cm³/mol. The molecule has 14 heavy (non-hydrogen) atoms. The first-order valence-corrected chi connectivity index (χ1v) is 5.45. The first kappa shape index (κ1) is 11.8. The van der Waals surface area contributed by atoms with E-state index in [9.17, 15) is 5.11 Å². The molecule has 0 saturated carbocycles. The van der Waals surface area contributed by atoms with Crippen LogP contribution in [0.5, 0.6) is 0 Å². The van der Waals surface area contributed by atoms with Gasteiger partial charge < -0.3 is 5.11 Å². The van der Waals surface area contributed by atoms with Gasteiger partial charge in [0.05, 0.1) is 6.10 Å². The van der Waals surface area contributed by atoms with Gasteiger partial charge in [0, 0.05) is 9.50 Å². The largest absolute Gasteiger partial charge is 0.388 e. The highest BCUT2D eigenvalue weighted by Crippen LogP contribution is 2.29. The lowest BCUT2D eigenvalue weighted by molar-refractivity contribution is 0.178. The van der Waals surface area contributed by atoms with Gasteiger partial charge in [0.15, 0.2) is 0 Å². The van der Waals surface area contributed by atoms with Crippen molar-refractivity contribution in [3.8, 4) is 0 Å². The van der Waals surface area contributed by atoms with E-state index in [0.717, 1.165) is 15.6 Å². The van der Waals surface area contributed by atoms with Crippen molar-refractivity contribution in [1.29, 1.82) is 0 Å². The average Bonchev–Trinajstić information content (AvgIpc) is 2.01. The third kappa shape index (κ3) is 3.12. The zero-order valence-electron chi connectivity index (χ0n) is 7.93. The summed E-state index contributed by atoms with van der Waals surface area (Å²) >= 11 is 9.30. The summed E-state index contributed by atoms with van der Waals surface area (Å²) < 4.78 is 0.911. The van der Waals surface area contributed by atoms with Crippen LogP contribution in [0.15, 0.2) is 34.8 Å². The van der Waals surface area contributed by atoms with Crippen LogP contribution >= 0.6 is 27.5 Å². The van der Waals surface area contributed by atoms with E-state index in [4.69, 9.17) is 11.6 Å². The number of benzene rings is 1. The van der Waals surface area contributed by atoms with Crippen molar-refractivity contribution in [3.05, 3.63) is 45.4 Å². The summed E-state index contributed by atoms with van der Waals surface area (Å²) in [5.74, 6) is 0. The second-order valence-corrected chi connectivity index (χ2v) is 4.67. The molecule has 0 amide bonds. The molecule has 0 radical (unpaired) electrons. The molecule has 1 nitrogen and oxygen atoms in total. The van der Waals surface area contributed by atoms with Crippen molar-refractivity contribution in [2.24, 2.45) is 0 Å². The first-order valence-electron chi connectivity index (χ1n) is 4.28. The summed E-state index contributed by atoms with van der Waals surface area (Å²) in [6.45, 7) is 5.64. The molecule has 3 heteroatoms. The Kier molecular flexibility index (Phi) is 4.17. The summed E-state index contributed by atoms with van der Waals surface area (Å²) in [6.07, 6.45) is -0.0189. The Hall–Kier alpha value is -0.310. The molecule has 0 bridgehead atoms. The number of halogens is 2. The molecule has 1 aromatic rings. The molecule has 0 saturated heterocycles. The molecule has 0 aromatic heterocycles. The number of aliphatic hydroxyl groups excluding tert-OH is 1. The molecule has 0 fully saturated rings. The zero-order valence-corrected chi connectivity index (χ0v) is 10.3. The van der Waals surface area contributed by atoms with Crippen LogP contribution in [-0.2, 0) is 0 Å². The van der Waals surface area contributed by atoms with Gasteiger partial charge in [-0.05, 0) is 31.0 Å². The summed E-state index contributed by atoms with van der Waals surface area (Å²) in [4.78, 5) is 0.